The van der Waals surface area contributed by atoms with Gasteiger partial charge >= 0.3 is 11.9 Å². The van der Waals surface area contributed by atoms with Gasteiger partial charge in [0.05, 0.1) is 13.2 Å². The summed E-state index contributed by atoms with van der Waals surface area (Å²) in [6.45, 7) is 5.18. The van der Waals surface area contributed by atoms with Gasteiger partial charge in [-0.3, -0.25) is 0 Å². The molecule has 0 saturated heterocycles. The number of hydrogen-bond acceptors (Lipinski definition) is 6. The van der Waals surface area contributed by atoms with Gasteiger partial charge in [0.1, 0.15) is 6.61 Å². The number of rotatable bonds is 9. The zero-order valence-corrected chi connectivity index (χ0v) is 13.0. The molecule has 122 valence electrons. The third-order valence-electron chi connectivity index (χ3n) is 3.31. The van der Waals surface area contributed by atoms with Gasteiger partial charge in [-0.15, -0.1) is 0 Å². The molecule has 0 amide bonds. The average molecular weight is 303 g/mol. The SMILES string of the molecule is C/C(C(=O)O)=C(\C)C(=O)OCCN(C)CC(C)(CO)CO. The topological polar surface area (TPSA) is 107 Å². The van der Waals surface area contributed by atoms with E-state index in [0.29, 0.717) is 13.1 Å². The van der Waals surface area contributed by atoms with E-state index in [1.54, 1.807) is 14.0 Å². The molecule has 0 radical (unpaired) electrons. The van der Waals surface area contributed by atoms with Gasteiger partial charge in [0.2, 0.25) is 0 Å². The Balaban J connectivity index is 4.30. The summed E-state index contributed by atoms with van der Waals surface area (Å²) in [5.74, 6) is -1.81. The lowest BCUT2D eigenvalue weighted by Gasteiger charge is -2.30. The second-order valence-corrected chi connectivity index (χ2v) is 5.56. The van der Waals surface area contributed by atoms with E-state index in [0.717, 1.165) is 0 Å². The van der Waals surface area contributed by atoms with Crippen LogP contribution in [0.1, 0.15) is 20.8 Å². The smallest absolute Gasteiger partial charge is 0.334 e. The molecule has 0 aromatic carbocycles. The summed E-state index contributed by atoms with van der Waals surface area (Å²) in [6, 6.07) is 0. The minimum absolute atomic E-state index is 0.0403. The molecule has 0 aromatic heterocycles. The van der Waals surface area contributed by atoms with Gasteiger partial charge in [-0.05, 0) is 20.9 Å². The van der Waals surface area contributed by atoms with Crippen molar-refractivity contribution in [3.63, 3.8) is 0 Å². The van der Waals surface area contributed by atoms with Crippen LogP contribution in [0.25, 0.3) is 0 Å². The van der Waals surface area contributed by atoms with Crippen LogP contribution in [-0.2, 0) is 14.3 Å². The summed E-state index contributed by atoms with van der Waals surface area (Å²) in [5.41, 5.74) is -0.587. The molecule has 0 aliphatic rings. The molecule has 0 fully saturated rings. The van der Waals surface area contributed by atoms with Gasteiger partial charge in [-0.25, -0.2) is 9.59 Å². The van der Waals surface area contributed by atoms with Crippen molar-refractivity contribution < 1.29 is 29.6 Å². The van der Waals surface area contributed by atoms with Crippen LogP contribution in [0, 0.1) is 5.41 Å². The predicted molar refractivity (Wildman–Crippen MR) is 76.7 cm³/mol. The molecule has 7 nitrogen and oxygen atoms in total. The Labute approximate surface area is 124 Å². The Kier molecular flexibility index (Phi) is 8.16. The standard InChI is InChI=1S/C14H25NO6/c1-10(12(18)19)11(2)13(20)21-6-5-15(4)7-14(3,8-16)9-17/h16-17H,5-9H2,1-4H3,(H,18,19)/b11-10-. The maximum atomic E-state index is 11.6. The first kappa shape index (κ1) is 19.6. The highest BCUT2D eigenvalue weighted by Gasteiger charge is 2.24. The number of aliphatic hydroxyl groups excluding tert-OH is 2. The first-order chi connectivity index (χ1) is 9.66. The summed E-state index contributed by atoms with van der Waals surface area (Å²) < 4.78 is 5.00. The molecule has 0 unspecified atom stereocenters. The molecule has 0 aromatic rings. The number of esters is 1. The molecule has 0 spiro atoms. The fraction of sp³-hybridized carbons (Fsp3) is 0.714. The highest BCUT2D eigenvalue weighted by atomic mass is 16.5. The lowest BCUT2D eigenvalue weighted by Crippen LogP contribution is -2.40. The number of nitrogens with zero attached hydrogens (tertiary/aromatic N) is 1. The van der Waals surface area contributed by atoms with Crippen molar-refractivity contribution in [2.45, 2.75) is 20.8 Å². The van der Waals surface area contributed by atoms with E-state index >= 15 is 0 Å². The molecule has 0 aliphatic carbocycles. The van der Waals surface area contributed by atoms with Crippen molar-refractivity contribution in [2.75, 3.05) is 40.0 Å². The molecule has 0 heterocycles. The number of carbonyl (C=O) groups is 2. The number of hydrogen-bond donors (Lipinski definition) is 3. The first-order valence-electron chi connectivity index (χ1n) is 6.65. The van der Waals surface area contributed by atoms with E-state index in [2.05, 4.69) is 0 Å². The summed E-state index contributed by atoms with van der Waals surface area (Å²) in [5, 5.41) is 27.2. The lowest BCUT2D eigenvalue weighted by atomic mass is 9.92. The number of aliphatic hydroxyl groups is 2. The highest BCUT2D eigenvalue weighted by Crippen LogP contribution is 2.15. The Morgan fingerprint density at radius 2 is 1.67 bits per heavy atom. The molecule has 0 aliphatic heterocycles. The van der Waals surface area contributed by atoms with Gasteiger partial charge in [0.25, 0.3) is 0 Å². The van der Waals surface area contributed by atoms with Crippen LogP contribution in [0.2, 0.25) is 0 Å². The highest BCUT2D eigenvalue weighted by molar-refractivity contribution is 5.98. The van der Waals surface area contributed by atoms with Gasteiger partial charge in [0.15, 0.2) is 0 Å². The Hall–Kier alpha value is -1.44. The van der Waals surface area contributed by atoms with Crippen LogP contribution in [0.3, 0.4) is 0 Å². The van der Waals surface area contributed by atoms with Gasteiger partial charge in [-0.1, -0.05) is 6.92 Å². The maximum absolute atomic E-state index is 11.6. The van der Waals surface area contributed by atoms with Crippen molar-refractivity contribution in [3.05, 3.63) is 11.1 Å². The van der Waals surface area contributed by atoms with Crippen LogP contribution >= 0.6 is 0 Å². The van der Waals surface area contributed by atoms with Crippen molar-refractivity contribution in [1.82, 2.24) is 4.90 Å². The summed E-state index contributed by atoms with van der Waals surface area (Å²) in [7, 11) is 1.78. The molecule has 0 bridgehead atoms. The Bertz CT molecular complexity index is 400. The molecule has 7 heteroatoms. The Morgan fingerprint density at radius 3 is 2.10 bits per heavy atom. The van der Waals surface area contributed by atoms with Crippen molar-refractivity contribution in [1.29, 1.82) is 0 Å². The molecule has 21 heavy (non-hydrogen) atoms. The van der Waals surface area contributed by atoms with E-state index in [4.69, 9.17) is 9.84 Å². The van der Waals surface area contributed by atoms with E-state index in [1.165, 1.54) is 13.8 Å². The number of carboxylic acid groups (broad SMARTS) is 1. The fourth-order valence-corrected chi connectivity index (χ4v) is 1.60. The summed E-state index contributed by atoms with van der Waals surface area (Å²) in [4.78, 5) is 24.2. The number of aliphatic carboxylic acids is 1. The largest absolute Gasteiger partial charge is 0.478 e. The average Bonchev–Trinajstić information content (AvgIpc) is 2.44. The number of carbonyl (C=O) groups excluding carboxylic acids is 1. The van der Waals surface area contributed by atoms with Crippen molar-refractivity contribution >= 4 is 11.9 Å². The zero-order valence-electron chi connectivity index (χ0n) is 13.0. The van der Waals surface area contributed by atoms with E-state index in [9.17, 15) is 19.8 Å². The van der Waals surface area contributed by atoms with Gasteiger partial charge in [-0.2, -0.15) is 0 Å². The monoisotopic (exact) mass is 303 g/mol. The second-order valence-electron chi connectivity index (χ2n) is 5.56. The van der Waals surface area contributed by atoms with Gasteiger partial charge < -0.3 is 25.0 Å². The molecular weight excluding hydrogens is 278 g/mol. The predicted octanol–water partition coefficient (Wildman–Crippen LogP) is -0.127. The molecular formula is C14H25NO6. The quantitative estimate of drug-likeness (QED) is 0.402. The summed E-state index contributed by atoms with van der Waals surface area (Å²) in [6.07, 6.45) is 0. The number of ether oxygens (including phenoxy) is 1. The van der Waals surface area contributed by atoms with Crippen LogP contribution in [-0.4, -0.2) is 72.1 Å². The molecule has 3 N–H and O–H groups in total. The summed E-state index contributed by atoms with van der Waals surface area (Å²) >= 11 is 0. The first-order valence-corrected chi connectivity index (χ1v) is 6.65. The van der Waals surface area contributed by atoms with Crippen LogP contribution in [0.4, 0.5) is 0 Å². The normalized spacial score (nSPS) is 13.1. The second kappa shape index (κ2) is 8.76. The van der Waals surface area contributed by atoms with E-state index in [1.807, 2.05) is 4.90 Å². The van der Waals surface area contributed by atoms with Crippen LogP contribution in [0.5, 0.6) is 0 Å². The van der Waals surface area contributed by atoms with Crippen LogP contribution in [0.15, 0.2) is 11.1 Å². The van der Waals surface area contributed by atoms with Gasteiger partial charge in [0, 0.05) is 29.7 Å². The number of likely N-dealkylation sites (N-methyl/N-ethyl adjacent to an activating group) is 1. The minimum Gasteiger partial charge on any atom is -0.478 e. The van der Waals surface area contributed by atoms with Crippen molar-refractivity contribution in [2.24, 2.45) is 5.41 Å². The zero-order chi connectivity index (χ0) is 16.6. The maximum Gasteiger partial charge on any atom is 0.334 e. The fourth-order valence-electron chi connectivity index (χ4n) is 1.60. The minimum atomic E-state index is -1.15. The van der Waals surface area contributed by atoms with Crippen molar-refractivity contribution in [3.8, 4) is 0 Å². The number of carboxylic acids is 1. The van der Waals surface area contributed by atoms with E-state index in [-0.39, 0.29) is 31.0 Å². The lowest BCUT2D eigenvalue weighted by molar-refractivity contribution is -0.140. The molecule has 0 rings (SSSR count). The third-order valence-corrected chi connectivity index (χ3v) is 3.31. The molecule has 0 atom stereocenters. The molecule has 0 saturated carbocycles. The Morgan fingerprint density at radius 1 is 1.14 bits per heavy atom. The van der Waals surface area contributed by atoms with E-state index < -0.39 is 17.4 Å². The third kappa shape index (κ3) is 6.70. The van der Waals surface area contributed by atoms with Crippen LogP contribution < -0.4 is 0 Å².